The molecule has 29 heavy (non-hydrogen) atoms. The molecule has 6 heteroatoms. The average Bonchev–Trinajstić information content (AvgIpc) is 2.76. The van der Waals surface area contributed by atoms with Crippen molar-refractivity contribution in [1.82, 2.24) is 9.38 Å². The molecule has 0 aliphatic rings. The fourth-order valence-corrected chi connectivity index (χ4v) is 3.10. The fourth-order valence-electron chi connectivity index (χ4n) is 2.97. The molecule has 0 aliphatic heterocycles. The molecule has 0 spiro atoms. The molecule has 5 nitrogen and oxygen atoms in total. The van der Waals surface area contributed by atoms with E-state index in [1.54, 1.807) is 61.7 Å². The molecule has 2 aromatic heterocycles. The second kappa shape index (κ2) is 7.89. The Kier molecular flexibility index (Phi) is 5.14. The van der Waals surface area contributed by atoms with Crippen molar-refractivity contribution in [2.75, 3.05) is 0 Å². The molecule has 0 fully saturated rings. The van der Waals surface area contributed by atoms with Crippen LogP contribution in [-0.4, -0.2) is 15.2 Å². The van der Waals surface area contributed by atoms with Crippen LogP contribution in [0.15, 0.2) is 77.7 Å². The zero-order valence-corrected chi connectivity index (χ0v) is 16.4. The molecule has 0 bridgehead atoms. The number of hydrogen-bond donors (Lipinski definition) is 0. The SMILES string of the molecule is Cc1c(OCc2ccc(C(=O)c3ccc(Cl)cc3)cc2)nc2ccccn2c1=O. The van der Waals surface area contributed by atoms with Crippen LogP contribution in [-0.2, 0) is 6.61 Å². The number of rotatable bonds is 5. The maximum atomic E-state index is 12.5. The van der Waals surface area contributed by atoms with Gasteiger partial charge in [-0.15, -0.1) is 0 Å². The molecule has 0 radical (unpaired) electrons. The van der Waals surface area contributed by atoms with E-state index >= 15 is 0 Å². The highest BCUT2D eigenvalue weighted by atomic mass is 35.5. The van der Waals surface area contributed by atoms with Crippen LogP contribution in [0.4, 0.5) is 0 Å². The number of ether oxygens (including phenoxy) is 1. The van der Waals surface area contributed by atoms with E-state index in [0.717, 1.165) is 5.56 Å². The first-order chi connectivity index (χ1) is 14.0. The number of pyridine rings is 1. The third-order valence-electron chi connectivity index (χ3n) is 4.61. The molecule has 0 atom stereocenters. The molecule has 4 aromatic rings. The van der Waals surface area contributed by atoms with Crippen LogP contribution in [0.1, 0.15) is 27.0 Å². The van der Waals surface area contributed by atoms with Crippen LogP contribution >= 0.6 is 11.6 Å². The van der Waals surface area contributed by atoms with Crippen molar-refractivity contribution in [3.05, 3.63) is 111 Å². The van der Waals surface area contributed by atoms with Gasteiger partial charge < -0.3 is 4.74 Å². The van der Waals surface area contributed by atoms with Gasteiger partial charge in [-0.3, -0.25) is 14.0 Å². The van der Waals surface area contributed by atoms with E-state index in [-0.39, 0.29) is 17.9 Å². The number of nitrogens with zero attached hydrogens (tertiary/aromatic N) is 2. The quantitative estimate of drug-likeness (QED) is 0.460. The Morgan fingerprint density at radius 1 is 1.00 bits per heavy atom. The lowest BCUT2D eigenvalue weighted by atomic mass is 10.0. The van der Waals surface area contributed by atoms with E-state index in [2.05, 4.69) is 4.98 Å². The first-order valence-electron chi connectivity index (χ1n) is 9.03. The van der Waals surface area contributed by atoms with Crippen molar-refractivity contribution in [1.29, 1.82) is 0 Å². The topological polar surface area (TPSA) is 60.7 Å². The maximum absolute atomic E-state index is 12.5. The molecule has 0 unspecified atom stereocenters. The van der Waals surface area contributed by atoms with E-state index in [1.165, 1.54) is 4.40 Å². The van der Waals surface area contributed by atoms with Crippen molar-refractivity contribution < 1.29 is 9.53 Å². The van der Waals surface area contributed by atoms with Crippen molar-refractivity contribution >= 4 is 23.0 Å². The van der Waals surface area contributed by atoms with Crippen LogP contribution in [0.5, 0.6) is 5.88 Å². The second-order valence-corrected chi connectivity index (χ2v) is 7.03. The average molecular weight is 405 g/mol. The monoisotopic (exact) mass is 404 g/mol. The highest BCUT2D eigenvalue weighted by molar-refractivity contribution is 6.30. The van der Waals surface area contributed by atoms with Crippen molar-refractivity contribution in [3.8, 4) is 5.88 Å². The molecule has 0 aliphatic carbocycles. The number of fused-ring (bicyclic) bond motifs is 1. The summed E-state index contributed by atoms with van der Waals surface area (Å²) in [6, 6.07) is 19.3. The van der Waals surface area contributed by atoms with E-state index in [0.29, 0.717) is 33.2 Å². The van der Waals surface area contributed by atoms with Crippen LogP contribution in [0, 0.1) is 6.92 Å². The van der Waals surface area contributed by atoms with Gasteiger partial charge >= 0.3 is 0 Å². The van der Waals surface area contributed by atoms with Gasteiger partial charge in [0.1, 0.15) is 12.3 Å². The smallest absolute Gasteiger partial charge is 0.264 e. The Bertz CT molecular complexity index is 1250. The Balaban J connectivity index is 1.50. The molecule has 0 N–H and O–H groups in total. The summed E-state index contributed by atoms with van der Waals surface area (Å²) in [4.78, 5) is 29.4. The molecule has 0 amide bonds. The summed E-state index contributed by atoms with van der Waals surface area (Å²) in [5.74, 6) is 0.233. The van der Waals surface area contributed by atoms with Gasteiger partial charge in [0, 0.05) is 22.3 Å². The van der Waals surface area contributed by atoms with Gasteiger partial charge in [0.05, 0.1) is 5.56 Å². The number of hydrogen-bond acceptors (Lipinski definition) is 4. The number of carbonyl (C=O) groups excluding carboxylic acids is 1. The van der Waals surface area contributed by atoms with Gasteiger partial charge in [-0.05, 0) is 48.9 Å². The van der Waals surface area contributed by atoms with Gasteiger partial charge in [0.15, 0.2) is 5.78 Å². The predicted molar refractivity (Wildman–Crippen MR) is 112 cm³/mol. The van der Waals surface area contributed by atoms with Crippen molar-refractivity contribution in [3.63, 3.8) is 0 Å². The molecule has 0 saturated heterocycles. The van der Waals surface area contributed by atoms with E-state index in [1.807, 2.05) is 18.2 Å². The van der Waals surface area contributed by atoms with E-state index in [9.17, 15) is 9.59 Å². The summed E-state index contributed by atoms with van der Waals surface area (Å²) < 4.78 is 7.27. The van der Waals surface area contributed by atoms with E-state index < -0.39 is 0 Å². The Morgan fingerprint density at radius 3 is 2.34 bits per heavy atom. The van der Waals surface area contributed by atoms with Gasteiger partial charge in [-0.25, -0.2) is 0 Å². The van der Waals surface area contributed by atoms with E-state index in [4.69, 9.17) is 16.3 Å². The summed E-state index contributed by atoms with van der Waals surface area (Å²) in [6.07, 6.45) is 1.68. The highest BCUT2D eigenvalue weighted by Gasteiger charge is 2.11. The lowest BCUT2D eigenvalue weighted by Gasteiger charge is -2.10. The molecule has 2 heterocycles. The van der Waals surface area contributed by atoms with Crippen LogP contribution in [0.3, 0.4) is 0 Å². The van der Waals surface area contributed by atoms with Crippen LogP contribution in [0.2, 0.25) is 5.02 Å². The van der Waals surface area contributed by atoms with Gasteiger partial charge in [-0.2, -0.15) is 4.98 Å². The minimum Gasteiger partial charge on any atom is -0.472 e. The third kappa shape index (κ3) is 3.91. The lowest BCUT2D eigenvalue weighted by molar-refractivity contribution is 0.103. The molecule has 144 valence electrons. The molecule has 0 saturated carbocycles. The number of halogens is 1. The lowest BCUT2D eigenvalue weighted by Crippen LogP contribution is -2.19. The number of carbonyl (C=O) groups is 1. The Labute approximate surface area is 172 Å². The molecule has 4 rings (SSSR count). The summed E-state index contributed by atoms with van der Waals surface area (Å²) in [6.45, 7) is 1.93. The number of benzene rings is 2. The van der Waals surface area contributed by atoms with Gasteiger partial charge in [-0.1, -0.05) is 41.9 Å². The predicted octanol–water partition coefficient (Wildman–Crippen LogP) is 4.47. The zero-order chi connectivity index (χ0) is 20.4. The summed E-state index contributed by atoms with van der Waals surface area (Å²) in [7, 11) is 0. The standard InChI is InChI=1S/C23H17ClN2O3/c1-15-22(25-20-4-2-3-13-26(20)23(15)28)29-14-16-5-7-17(8-6-16)21(27)18-9-11-19(24)12-10-18/h2-13H,14H2,1H3. The van der Waals surface area contributed by atoms with Gasteiger partial charge in [0.2, 0.25) is 5.88 Å². The fraction of sp³-hybridized carbons (Fsp3) is 0.0870. The normalized spacial score (nSPS) is 10.8. The number of aromatic nitrogens is 2. The minimum absolute atomic E-state index is 0.0748. The summed E-state index contributed by atoms with van der Waals surface area (Å²) in [5.41, 5.74) is 2.84. The first-order valence-corrected chi connectivity index (χ1v) is 9.41. The molecular formula is C23H17ClN2O3. The van der Waals surface area contributed by atoms with Crippen molar-refractivity contribution in [2.24, 2.45) is 0 Å². The van der Waals surface area contributed by atoms with Crippen molar-refractivity contribution in [2.45, 2.75) is 13.5 Å². The minimum atomic E-state index is -0.158. The number of ketones is 1. The molecule has 2 aromatic carbocycles. The summed E-state index contributed by atoms with van der Waals surface area (Å²) >= 11 is 5.87. The Hall–Kier alpha value is -3.44. The second-order valence-electron chi connectivity index (χ2n) is 6.60. The largest absolute Gasteiger partial charge is 0.472 e. The van der Waals surface area contributed by atoms with Crippen LogP contribution in [0.25, 0.3) is 5.65 Å². The summed E-state index contributed by atoms with van der Waals surface area (Å²) in [5, 5.41) is 0.589. The highest BCUT2D eigenvalue weighted by Crippen LogP contribution is 2.17. The zero-order valence-electron chi connectivity index (χ0n) is 15.6. The third-order valence-corrected chi connectivity index (χ3v) is 4.86. The van der Waals surface area contributed by atoms with Gasteiger partial charge in [0.25, 0.3) is 5.56 Å². The Morgan fingerprint density at radius 2 is 1.66 bits per heavy atom. The first kappa shape index (κ1) is 18.9. The maximum Gasteiger partial charge on any atom is 0.264 e. The molecular weight excluding hydrogens is 388 g/mol. The van der Waals surface area contributed by atoms with Crippen LogP contribution < -0.4 is 10.3 Å².